The number of nitrogens with one attached hydrogen (secondary N) is 1. The molecule has 3 rings (SSSR count). The standard InChI is InChI=1S/C16H12BrNO3/c17-10-5-7-11(8-6-10)21-16(20)13-9-15(19)18-14-4-2-1-3-12(13)14/h1-8,13H,9H2,(H,18,19). The number of anilines is 1. The van der Waals surface area contributed by atoms with Crippen molar-refractivity contribution in [2.75, 3.05) is 5.32 Å². The number of carbonyl (C=O) groups is 2. The van der Waals surface area contributed by atoms with Crippen LogP contribution in [0.1, 0.15) is 17.9 Å². The van der Waals surface area contributed by atoms with Crippen LogP contribution in [0.25, 0.3) is 0 Å². The SMILES string of the molecule is O=C1CC(C(=O)Oc2ccc(Br)cc2)c2ccccc2N1. The lowest BCUT2D eigenvalue weighted by Crippen LogP contribution is -2.29. The normalized spacial score (nSPS) is 16.8. The number of esters is 1. The predicted molar refractivity (Wildman–Crippen MR) is 82.2 cm³/mol. The summed E-state index contributed by atoms with van der Waals surface area (Å²) in [4.78, 5) is 24.1. The van der Waals surface area contributed by atoms with Crippen LogP contribution in [-0.4, -0.2) is 11.9 Å². The van der Waals surface area contributed by atoms with Gasteiger partial charge in [-0.1, -0.05) is 34.1 Å². The fraction of sp³-hybridized carbons (Fsp3) is 0.125. The molecule has 0 saturated heterocycles. The minimum absolute atomic E-state index is 0.104. The molecular formula is C16H12BrNO3. The predicted octanol–water partition coefficient (Wildman–Crippen LogP) is 3.48. The van der Waals surface area contributed by atoms with Crippen molar-refractivity contribution in [1.82, 2.24) is 0 Å². The van der Waals surface area contributed by atoms with Gasteiger partial charge in [-0.2, -0.15) is 0 Å². The van der Waals surface area contributed by atoms with E-state index in [4.69, 9.17) is 4.74 Å². The van der Waals surface area contributed by atoms with Crippen molar-refractivity contribution in [3.05, 3.63) is 58.6 Å². The van der Waals surface area contributed by atoms with E-state index in [9.17, 15) is 9.59 Å². The molecule has 21 heavy (non-hydrogen) atoms. The van der Waals surface area contributed by atoms with Gasteiger partial charge in [0, 0.05) is 16.6 Å². The smallest absolute Gasteiger partial charge is 0.319 e. The minimum atomic E-state index is -0.571. The van der Waals surface area contributed by atoms with E-state index in [1.807, 2.05) is 18.2 Å². The molecule has 0 aromatic heterocycles. The number of hydrogen-bond acceptors (Lipinski definition) is 3. The van der Waals surface area contributed by atoms with Gasteiger partial charge in [0.25, 0.3) is 0 Å². The topological polar surface area (TPSA) is 55.4 Å². The highest BCUT2D eigenvalue weighted by Gasteiger charge is 2.31. The third-order valence-corrected chi connectivity index (χ3v) is 3.85. The minimum Gasteiger partial charge on any atom is -0.426 e. The Kier molecular flexibility index (Phi) is 3.75. The molecule has 1 aliphatic rings. The van der Waals surface area contributed by atoms with E-state index in [0.717, 1.165) is 10.0 Å². The average molecular weight is 346 g/mol. The van der Waals surface area contributed by atoms with Crippen LogP contribution in [0.4, 0.5) is 5.69 Å². The Morgan fingerprint density at radius 1 is 1.14 bits per heavy atom. The van der Waals surface area contributed by atoms with Gasteiger partial charge >= 0.3 is 5.97 Å². The molecule has 0 radical (unpaired) electrons. The maximum atomic E-state index is 12.3. The van der Waals surface area contributed by atoms with Gasteiger partial charge in [-0.05, 0) is 35.9 Å². The summed E-state index contributed by atoms with van der Waals surface area (Å²) in [7, 11) is 0. The number of halogens is 1. The molecule has 0 saturated carbocycles. The number of fused-ring (bicyclic) bond motifs is 1. The number of rotatable bonds is 2. The Labute approximate surface area is 130 Å². The number of amides is 1. The van der Waals surface area contributed by atoms with E-state index in [2.05, 4.69) is 21.2 Å². The molecule has 5 heteroatoms. The Hall–Kier alpha value is -2.14. The quantitative estimate of drug-likeness (QED) is 0.669. The van der Waals surface area contributed by atoms with Gasteiger partial charge < -0.3 is 10.1 Å². The number of hydrogen-bond donors (Lipinski definition) is 1. The molecule has 2 aromatic carbocycles. The Morgan fingerprint density at radius 3 is 2.62 bits per heavy atom. The van der Waals surface area contributed by atoms with Crippen molar-refractivity contribution in [3.8, 4) is 5.75 Å². The first kappa shape index (κ1) is 13.8. The number of benzene rings is 2. The molecule has 1 heterocycles. The Balaban J connectivity index is 1.84. The van der Waals surface area contributed by atoms with Crippen molar-refractivity contribution in [2.45, 2.75) is 12.3 Å². The van der Waals surface area contributed by atoms with E-state index < -0.39 is 11.9 Å². The third-order valence-electron chi connectivity index (χ3n) is 3.32. The zero-order valence-corrected chi connectivity index (χ0v) is 12.6. The van der Waals surface area contributed by atoms with Gasteiger partial charge in [0.1, 0.15) is 5.75 Å². The Bertz CT molecular complexity index is 697. The summed E-state index contributed by atoms with van der Waals surface area (Å²) in [6.07, 6.45) is 0.104. The summed E-state index contributed by atoms with van der Waals surface area (Å²) >= 11 is 3.32. The van der Waals surface area contributed by atoms with E-state index in [1.165, 1.54) is 0 Å². The Morgan fingerprint density at radius 2 is 1.86 bits per heavy atom. The van der Waals surface area contributed by atoms with Crippen LogP contribution in [-0.2, 0) is 9.59 Å². The molecule has 1 N–H and O–H groups in total. The molecule has 0 spiro atoms. The van der Waals surface area contributed by atoms with Gasteiger partial charge in [-0.3, -0.25) is 9.59 Å². The average Bonchev–Trinajstić information content (AvgIpc) is 2.48. The van der Waals surface area contributed by atoms with E-state index in [0.29, 0.717) is 11.4 Å². The second-order valence-corrected chi connectivity index (χ2v) is 5.68. The fourth-order valence-corrected chi connectivity index (χ4v) is 2.58. The fourth-order valence-electron chi connectivity index (χ4n) is 2.31. The van der Waals surface area contributed by atoms with Gasteiger partial charge in [-0.15, -0.1) is 0 Å². The monoisotopic (exact) mass is 345 g/mol. The highest BCUT2D eigenvalue weighted by molar-refractivity contribution is 9.10. The summed E-state index contributed by atoms with van der Waals surface area (Å²) in [5.41, 5.74) is 1.46. The molecule has 1 aliphatic heterocycles. The van der Waals surface area contributed by atoms with Crippen molar-refractivity contribution < 1.29 is 14.3 Å². The van der Waals surface area contributed by atoms with Gasteiger partial charge in [0.2, 0.25) is 5.91 Å². The molecule has 1 atom stereocenters. The maximum absolute atomic E-state index is 12.3. The van der Waals surface area contributed by atoms with Crippen molar-refractivity contribution in [3.63, 3.8) is 0 Å². The molecule has 4 nitrogen and oxygen atoms in total. The van der Waals surface area contributed by atoms with Crippen LogP contribution < -0.4 is 10.1 Å². The zero-order chi connectivity index (χ0) is 14.8. The highest BCUT2D eigenvalue weighted by Crippen LogP contribution is 2.33. The van der Waals surface area contributed by atoms with Gasteiger partial charge in [0.05, 0.1) is 5.92 Å². The maximum Gasteiger partial charge on any atom is 0.319 e. The van der Waals surface area contributed by atoms with Crippen LogP contribution in [0.5, 0.6) is 5.75 Å². The first-order valence-electron chi connectivity index (χ1n) is 6.49. The molecule has 1 amide bonds. The lowest BCUT2D eigenvalue weighted by Gasteiger charge is -2.23. The molecule has 0 fully saturated rings. The molecule has 0 bridgehead atoms. The van der Waals surface area contributed by atoms with Crippen molar-refractivity contribution >= 4 is 33.5 Å². The van der Waals surface area contributed by atoms with Crippen molar-refractivity contribution in [2.24, 2.45) is 0 Å². The summed E-state index contributed by atoms with van der Waals surface area (Å²) < 4.78 is 6.28. The van der Waals surface area contributed by atoms with Crippen LogP contribution in [0.15, 0.2) is 53.0 Å². The molecule has 1 unspecified atom stereocenters. The zero-order valence-electron chi connectivity index (χ0n) is 11.0. The molecule has 2 aromatic rings. The summed E-state index contributed by atoms with van der Waals surface area (Å²) in [5.74, 6) is -0.698. The van der Waals surface area contributed by atoms with Crippen LogP contribution in [0.3, 0.4) is 0 Å². The van der Waals surface area contributed by atoms with E-state index >= 15 is 0 Å². The number of carbonyl (C=O) groups excluding carboxylic acids is 2. The second kappa shape index (κ2) is 5.69. The van der Waals surface area contributed by atoms with E-state index in [-0.39, 0.29) is 12.3 Å². The highest BCUT2D eigenvalue weighted by atomic mass is 79.9. The summed E-state index contributed by atoms with van der Waals surface area (Å²) in [5, 5.41) is 2.76. The number of ether oxygens (including phenoxy) is 1. The molecule has 106 valence electrons. The molecular weight excluding hydrogens is 334 g/mol. The van der Waals surface area contributed by atoms with Gasteiger partial charge in [-0.25, -0.2) is 0 Å². The lowest BCUT2D eigenvalue weighted by atomic mass is 9.91. The third kappa shape index (κ3) is 2.97. The first-order valence-corrected chi connectivity index (χ1v) is 7.29. The van der Waals surface area contributed by atoms with Crippen LogP contribution in [0, 0.1) is 0 Å². The number of para-hydroxylation sites is 1. The second-order valence-electron chi connectivity index (χ2n) is 4.77. The molecule has 0 aliphatic carbocycles. The van der Waals surface area contributed by atoms with E-state index in [1.54, 1.807) is 30.3 Å². The van der Waals surface area contributed by atoms with Crippen molar-refractivity contribution in [1.29, 1.82) is 0 Å². The van der Waals surface area contributed by atoms with Gasteiger partial charge in [0.15, 0.2) is 0 Å². The van der Waals surface area contributed by atoms with Crippen LogP contribution >= 0.6 is 15.9 Å². The lowest BCUT2D eigenvalue weighted by molar-refractivity contribution is -0.138. The van der Waals surface area contributed by atoms with Crippen LogP contribution in [0.2, 0.25) is 0 Å². The summed E-state index contributed by atoms with van der Waals surface area (Å²) in [6.45, 7) is 0. The first-order chi connectivity index (χ1) is 10.1. The largest absolute Gasteiger partial charge is 0.426 e. The summed E-state index contributed by atoms with van der Waals surface area (Å²) in [6, 6.07) is 14.3.